The molecule has 0 bridgehead atoms. The Hall–Kier alpha value is -3.39. The van der Waals surface area contributed by atoms with E-state index in [9.17, 15) is 4.79 Å². The fourth-order valence-corrected chi connectivity index (χ4v) is 5.53. The molecule has 38 heavy (non-hydrogen) atoms. The van der Waals surface area contributed by atoms with Gasteiger partial charge in [0.25, 0.3) is 0 Å². The van der Waals surface area contributed by atoms with Gasteiger partial charge in [0.1, 0.15) is 6.04 Å². The monoisotopic (exact) mass is 563 g/mol. The Bertz CT molecular complexity index is 1500. The molecule has 9 heteroatoms. The first-order valence-electron chi connectivity index (χ1n) is 12.3. The van der Waals surface area contributed by atoms with Crippen LogP contribution in [0.5, 0.6) is 0 Å². The molecule has 4 aromatic rings. The van der Waals surface area contributed by atoms with E-state index in [1.807, 2.05) is 81.6 Å². The zero-order chi connectivity index (χ0) is 27.0. The number of rotatable bonds is 6. The fraction of sp³-hybridized carbons (Fsp3) is 0.207. The summed E-state index contributed by atoms with van der Waals surface area (Å²) >= 11 is 18.7. The molecule has 194 valence electrons. The molecule has 0 saturated carbocycles. The van der Waals surface area contributed by atoms with Crippen molar-refractivity contribution < 1.29 is 4.79 Å². The van der Waals surface area contributed by atoms with Gasteiger partial charge < -0.3 is 20.1 Å². The lowest BCUT2D eigenvalue weighted by molar-refractivity contribution is -0.118. The minimum atomic E-state index is -0.241. The van der Waals surface area contributed by atoms with Crippen molar-refractivity contribution in [2.75, 3.05) is 10.2 Å². The van der Waals surface area contributed by atoms with Crippen molar-refractivity contribution in [3.8, 4) is 5.69 Å². The van der Waals surface area contributed by atoms with Crippen LogP contribution in [0.1, 0.15) is 42.9 Å². The molecule has 1 fully saturated rings. The van der Waals surface area contributed by atoms with E-state index in [1.54, 1.807) is 12.3 Å². The molecule has 0 unspecified atom stereocenters. The summed E-state index contributed by atoms with van der Waals surface area (Å²) in [5, 5.41) is 8.21. The van der Waals surface area contributed by atoms with E-state index in [-0.39, 0.29) is 23.9 Å². The van der Waals surface area contributed by atoms with Crippen LogP contribution in [0.15, 0.2) is 79.1 Å². The first-order valence-corrected chi connectivity index (χ1v) is 13.5. The second kappa shape index (κ2) is 10.8. The number of nitrogens with zero attached hydrogens (tertiary/aromatic N) is 3. The van der Waals surface area contributed by atoms with E-state index < -0.39 is 0 Å². The fourth-order valence-electron chi connectivity index (χ4n) is 4.68. The molecule has 2 aromatic heterocycles. The second-order valence-electron chi connectivity index (χ2n) is 9.54. The van der Waals surface area contributed by atoms with E-state index in [4.69, 9.17) is 35.4 Å². The number of pyridine rings is 1. The topological polar surface area (TPSA) is 62.2 Å². The van der Waals surface area contributed by atoms with E-state index >= 15 is 0 Å². The Labute approximate surface area is 237 Å². The van der Waals surface area contributed by atoms with E-state index in [2.05, 4.69) is 31.2 Å². The number of anilines is 2. The predicted molar refractivity (Wildman–Crippen MR) is 158 cm³/mol. The Morgan fingerprint density at radius 1 is 1.08 bits per heavy atom. The van der Waals surface area contributed by atoms with Gasteiger partial charge in [-0.15, -0.1) is 0 Å². The number of aromatic nitrogens is 2. The Balaban J connectivity index is 1.61. The van der Waals surface area contributed by atoms with Crippen molar-refractivity contribution in [1.29, 1.82) is 0 Å². The molecular weight excluding hydrogens is 537 g/mol. The van der Waals surface area contributed by atoms with Gasteiger partial charge in [-0.25, -0.2) is 0 Å². The molecule has 0 aliphatic carbocycles. The van der Waals surface area contributed by atoms with Gasteiger partial charge in [0.05, 0.1) is 22.4 Å². The lowest BCUT2D eigenvalue weighted by Gasteiger charge is -2.29. The summed E-state index contributed by atoms with van der Waals surface area (Å²) in [4.78, 5) is 19.1. The number of aryl methyl sites for hydroxylation is 1. The van der Waals surface area contributed by atoms with Crippen LogP contribution in [0.2, 0.25) is 10.0 Å². The largest absolute Gasteiger partial charge is 0.351 e. The summed E-state index contributed by atoms with van der Waals surface area (Å²) < 4.78 is 2.06. The molecule has 2 aromatic carbocycles. The molecule has 1 saturated heterocycles. The molecule has 5 rings (SSSR count). The van der Waals surface area contributed by atoms with Crippen LogP contribution < -0.4 is 15.5 Å². The molecule has 1 aliphatic rings. The van der Waals surface area contributed by atoms with Crippen molar-refractivity contribution >= 4 is 57.8 Å². The number of hydrogen-bond acceptors (Lipinski definition) is 3. The maximum atomic E-state index is 12.3. The predicted octanol–water partition coefficient (Wildman–Crippen LogP) is 7.26. The van der Waals surface area contributed by atoms with Crippen LogP contribution in [0, 0.1) is 12.8 Å². The number of amides is 1. The Kier molecular flexibility index (Phi) is 7.43. The minimum absolute atomic E-state index is 0.0232. The SMILES string of the molecule is Cc1cc(N2C(=S)N[C@H](c3ccccn3)[C@@H]2c2cccn2-c2ccc(Cl)cc2Cl)ccc1NC(=O)C(C)C. The third-order valence-electron chi connectivity index (χ3n) is 6.62. The zero-order valence-corrected chi connectivity index (χ0v) is 23.5. The smallest absolute Gasteiger partial charge is 0.226 e. The van der Waals surface area contributed by atoms with Gasteiger partial charge in [-0.2, -0.15) is 0 Å². The van der Waals surface area contributed by atoms with Crippen molar-refractivity contribution in [3.63, 3.8) is 0 Å². The van der Waals surface area contributed by atoms with Gasteiger partial charge in [-0.05, 0) is 85.4 Å². The minimum Gasteiger partial charge on any atom is -0.351 e. The van der Waals surface area contributed by atoms with Gasteiger partial charge in [-0.3, -0.25) is 9.78 Å². The first-order chi connectivity index (χ1) is 18.2. The molecule has 2 atom stereocenters. The molecule has 0 spiro atoms. The number of halogens is 2. The number of benzene rings is 2. The summed E-state index contributed by atoms with van der Waals surface area (Å²) in [6.07, 6.45) is 3.76. The number of carbonyl (C=O) groups excluding carboxylic acids is 1. The molecule has 2 N–H and O–H groups in total. The summed E-state index contributed by atoms with van der Waals surface area (Å²) in [5.74, 6) is -0.134. The highest BCUT2D eigenvalue weighted by atomic mass is 35.5. The summed E-state index contributed by atoms with van der Waals surface area (Å²) in [5.41, 5.74) is 5.29. The zero-order valence-electron chi connectivity index (χ0n) is 21.2. The highest BCUT2D eigenvalue weighted by Crippen LogP contribution is 2.43. The van der Waals surface area contributed by atoms with Crippen LogP contribution >= 0.6 is 35.4 Å². The van der Waals surface area contributed by atoms with Crippen LogP contribution in [-0.2, 0) is 4.79 Å². The maximum Gasteiger partial charge on any atom is 0.226 e. The summed E-state index contributed by atoms with van der Waals surface area (Å²) in [7, 11) is 0. The standard InChI is InChI=1S/C29H27Cl2N5OS/c1-17(2)28(37)33-22-11-10-20(15-18(22)3)36-27(26(34-29(36)38)23-7-4-5-13-32-23)25-8-6-14-35(25)24-12-9-19(30)16-21(24)31/h4-17,26-27H,1-3H3,(H,33,37)(H,34,38)/t26-,27+/m1/s1. The lowest BCUT2D eigenvalue weighted by atomic mass is 10.00. The molecular formula is C29H27Cl2N5OS. The van der Waals surface area contributed by atoms with Crippen LogP contribution in [0.4, 0.5) is 11.4 Å². The summed E-state index contributed by atoms with van der Waals surface area (Å²) in [6.45, 7) is 5.73. The Morgan fingerprint density at radius 3 is 2.58 bits per heavy atom. The van der Waals surface area contributed by atoms with Gasteiger partial charge in [0.15, 0.2) is 5.11 Å². The van der Waals surface area contributed by atoms with Crippen LogP contribution in [0.3, 0.4) is 0 Å². The van der Waals surface area contributed by atoms with Gasteiger partial charge in [0.2, 0.25) is 5.91 Å². The highest BCUT2D eigenvalue weighted by Gasteiger charge is 2.42. The Morgan fingerprint density at radius 2 is 1.89 bits per heavy atom. The molecule has 1 aliphatic heterocycles. The molecule has 1 amide bonds. The van der Waals surface area contributed by atoms with Gasteiger partial charge in [0, 0.05) is 40.4 Å². The van der Waals surface area contributed by atoms with Crippen molar-refractivity contribution in [2.24, 2.45) is 5.92 Å². The van der Waals surface area contributed by atoms with Crippen LogP contribution in [0.25, 0.3) is 5.69 Å². The molecule has 0 radical (unpaired) electrons. The average Bonchev–Trinajstić information content (AvgIpc) is 3.50. The second-order valence-corrected chi connectivity index (χ2v) is 10.8. The molecule has 6 nitrogen and oxygen atoms in total. The maximum absolute atomic E-state index is 12.3. The van der Waals surface area contributed by atoms with E-state index in [1.165, 1.54) is 0 Å². The number of hydrogen-bond donors (Lipinski definition) is 2. The van der Waals surface area contributed by atoms with Crippen LogP contribution in [-0.4, -0.2) is 20.6 Å². The molecule has 3 heterocycles. The number of carbonyl (C=O) groups is 1. The number of nitrogens with one attached hydrogen (secondary N) is 2. The van der Waals surface area contributed by atoms with E-state index in [0.717, 1.165) is 34.0 Å². The lowest BCUT2D eigenvalue weighted by Crippen LogP contribution is -2.30. The van der Waals surface area contributed by atoms with Crippen molar-refractivity contribution in [2.45, 2.75) is 32.9 Å². The number of thiocarbonyl (C=S) groups is 1. The normalized spacial score (nSPS) is 17.1. The quantitative estimate of drug-likeness (QED) is 0.242. The average molecular weight is 565 g/mol. The third-order valence-corrected chi connectivity index (χ3v) is 7.47. The van der Waals surface area contributed by atoms with Gasteiger partial charge >= 0.3 is 0 Å². The summed E-state index contributed by atoms with van der Waals surface area (Å²) in [6, 6.07) is 20.9. The highest BCUT2D eigenvalue weighted by molar-refractivity contribution is 7.80. The first kappa shape index (κ1) is 26.2. The van der Waals surface area contributed by atoms with Gasteiger partial charge in [-0.1, -0.05) is 43.1 Å². The van der Waals surface area contributed by atoms with Crippen molar-refractivity contribution in [1.82, 2.24) is 14.9 Å². The third kappa shape index (κ3) is 5.01. The van der Waals surface area contributed by atoms with Crippen molar-refractivity contribution in [3.05, 3.63) is 106 Å². The van der Waals surface area contributed by atoms with E-state index in [0.29, 0.717) is 15.2 Å².